The molecule has 0 saturated carbocycles. The number of carbonyl (C=O) groups is 2. The predicted octanol–water partition coefficient (Wildman–Crippen LogP) is 2.84. The van der Waals surface area contributed by atoms with E-state index in [2.05, 4.69) is 14.9 Å². The van der Waals surface area contributed by atoms with Gasteiger partial charge in [-0.05, 0) is 30.3 Å². The van der Waals surface area contributed by atoms with E-state index in [1.165, 1.54) is 25.3 Å². The van der Waals surface area contributed by atoms with Crippen LogP contribution in [0.15, 0.2) is 47.4 Å². The summed E-state index contributed by atoms with van der Waals surface area (Å²) in [5.41, 5.74) is 0.738. The van der Waals surface area contributed by atoms with Crippen molar-refractivity contribution in [3.8, 4) is 5.75 Å². The van der Waals surface area contributed by atoms with Crippen LogP contribution < -0.4 is 9.46 Å². The van der Waals surface area contributed by atoms with E-state index in [-0.39, 0.29) is 45.6 Å². The summed E-state index contributed by atoms with van der Waals surface area (Å²) in [5.74, 6) is -0.592. The summed E-state index contributed by atoms with van der Waals surface area (Å²) in [5, 5.41) is 8.54. The molecule has 12 heteroatoms. The van der Waals surface area contributed by atoms with Crippen molar-refractivity contribution in [3.63, 3.8) is 0 Å². The second-order valence-corrected chi connectivity index (χ2v) is 9.61. The van der Waals surface area contributed by atoms with Gasteiger partial charge >= 0.3 is 0 Å². The van der Waals surface area contributed by atoms with Gasteiger partial charge in [0.1, 0.15) is 15.7 Å². The van der Waals surface area contributed by atoms with Crippen LogP contribution in [0, 0.1) is 0 Å². The van der Waals surface area contributed by atoms with E-state index in [0.29, 0.717) is 16.1 Å². The number of fused-ring (bicyclic) bond motifs is 1. The number of imide groups is 1. The molecule has 0 saturated heterocycles. The number of benzene rings is 2. The number of ether oxygens (including phenoxy) is 1. The van der Waals surface area contributed by atoms with Gasteiger partial charge in [0.15, 0.2) is 0 Å². The molecule has 2 heterocycles. The molecule has 1 aliphatic heterocycles. The molecule has 0 bridgehead atoms. The van der Waals surface area contributed by atoms with E-state index in [9.17, 15) is 18.0 Å². The van der Waals surface area contributed by atoms with E-state index in [4.69, 9.17) is 16.3 Å². The standard InChI is InChI=1S/C19H15ClN4O5S2/c1-29-14-7-6-11(20)10-15(14)31(27,28)23-19-22-21-16(30-19)8-9-24-17(25)12-4-2-3-5-13(12)18(24)26/h2-7,10H,8-9H2,1H3,(H,22,23). The zero-order valence-electron chi connectivity index (χ0n) is 16.0. The number of nitrogens with zero attached hydrogens (tertiary/aromatic N) is 3. The molecule has 0 fully saturated rings. The molecule has 1 aromatic heterocycles. The SMILES string of the molecule is COc1ccc(Cl)cc1S(=O)(=O)Nc1nnc(CCN2C(=O)c3ccccc3C2=O)s1. The number of aromatic nitrogens is 2. The first-order valence-electron chi connectivity index (χ1n) is 8.94. The molecule has 1 aliphatic rings. The number of anilines is 1. The Morgan fingerprint density at radius 3 is 2.42 bits per heavy atom. The molecule has 2 aromatic carbocycles. The minimum atomic E-state index is -4.02. The number of rotatable bonds is 7. The lowest BCUT2D eigenvalue weighted by molar-refractivity contribution is 0.0656. The van der Waals surface area contributed by atoms with Crippen LogP contribution in [-0.4, -0.2) is 49.0 Å². The van der Waals surface area contributed by atoms with E-state index in [1.807, 2.05) is 0 Å². The summed E-state index contributed by atoms with van der Waals surface area (Å²) in [7, 11) is -2.67. The van der Waals surface area contributed by atoms with Gasteiger partial charge < -0.3 is 4.74 Å². The quantitative estimate of drug-likeness (QED) is 0.518. The first-order chi connectivity index (χ1) is 14.8. The lowest BCUT2D eigenvalue weighted by Crippen LogP contribution is -2.31. The van der Waals surface area contributed by atoms with Gasteiger partial charge in [-0.1, -0.05) is 35.1 Å². The molecular weight excluding hydrogens is 464 g/mol. The Morgan fingerprint density at radius 1 is 1.10 bits per heavy atom. The van der Waals surface area contributed by atoms with Gasteiger partial charge in [0.25, 0.3) is 21.8 Å². The fourth-order valence-corrected chi connectivity index (χ4v) is 5.47. The van der Waals surface area contributed by atoms with Crippen LogP contribution >= 0.6 is 22.9 Å². The number of sulfonamides is 1. The van der Waals surface area contributed by atoms with Gasteiger partial charge in [-0.3, -0.25) is 19.2 Å². The Morgan fingerprint density at radius 2 is 1.77 bits per heavy atom. The van der Waals surface area contributed by atoms with Crippen LogP contribution in [0.3, 0.4) is 0 Å². The number of halogens is 1. The molecule has 3 aromatic rings. The number of amides is 2. The fraction of sp³-hybridized carbons (Fsp3) is 0.158. The van der Waals surface area contributed by atoms with Crippen LogP contribution in [0.1, 0.15) is 25.7 Å². The zero-order chi connectivity index (χ0) is 22.2. The molecule has 9 nitrogen and oxygen atoms in total. The summed E-state index contributed by atoms with van der Waals surface area (Å²) < 4.78 is 32.9. The Balaban J connectivity index is 1.46. The largest absolute Gasteiger partial charge is 0.495 e. The summed E-state index contributed by atoms with van der Waals surface area (Å²) in [4.78, 5) is 25.9. The smallest absolute Gasteiger partial charge is 0.267 e. The monoisotopic (exact) mass is 478 g/mol. The first kappa shape index (κ1) is 21.2. The molecule has 1 N–H and O–H groups in total. The van der Waals surface area contributed by atoms with Gasteiger partial charge in [0.05, 0.1) is 18.2 Å². The van der Waals surface area contributed by atoms with Crippen molar-refractivity contribution < 1.29 is 22.7 Å². The number of hydrogen-bond donors (Lipinski definition) is 1. The van der Waals surface area contributed by atoms with Crippen molar-refractivity contribution in [2.45, 2.75) is 11.3 Å². The Kier molecular flexibility index (Phi) is 5.65. The molecule has 4 rings (SSSR count). The van der Waals surface area contributed by atoms with Gasteiger partial charge in [0, 0.05) is 18.0 Å². The number of methoxy groups -OCH3 is 1. The molecule has 0 unspecified atom stereocenters. The predicted molar refractivity (Wildman–Crippen MR) is 114 cm³/mol. The normalized spacial score (nSPS) is 13.4. The van der Waals surface area contributed by atoms with Crippen molar-refractivity contribution in [1.82, 2.24) is 15.1 Å². The number of carbonyl (C=O) groups excluding carboxylic acids is 2. The third-order valence-electron chi connectivity index (χ3n) is 4.53. The maximum absolute atomic E-state index is 12.7. The summed E-state index contributed by atoms with van der Waals surface area (Å²) in [6, 6.07) is 10.9. The topological polar surface area (TPSA) is 119 Å². The lowest BCUT2D eigenvalue weighted by Gasteiger charge is -2.12. The van der Waals surface area contributed by atoms with Crippen molar-refractivity contribution in [2.24, 2.45) is 0 Å². The molecule has 0 aliphatic carbocycles. The third kappa shape index (κ3) is 4.11. The molecule has 31 heavy (non-hydrogen) atoms. The van der Waals surface area contributed by atoms with E-state index >= 15 is 0 Å². The average Bonchev–Trinajstić information content (AvgIpc) is 3.29. The van der Waals surface area contributed by atoms with Gasteiger partial charge in [-0.15, -0.1) is 10.2 Å². The molecular formula is C19H15ClN4O5S2. The number of nitrogens with one attached hydrogen (secondary N) is 1. The fourth-order valence-electron chi connectivity index (χ4n) is 3.08. The van der Waals surface area contributed by atoms with Crippen molar-refractivity contribution >= 4 is 49.9 Å². The second-order valence-electron chi connectivity index (χ2n) is 6.46. The highest BCUT2D eigenvalue weighted by molar-refractivity contribution is 7.93. The van der Waals surface area contributed by atoms with Crippen molar-refractivity contribution in [1.29, 1.82) is 0 Å². The zero-order valence-corrected chi connectivity index (χ0v) is 18.4. The molecule has 0 spiro atoms. The van der Waals surface area contributed by atoms with Crippen molar-refractivity contribution in [3.05, 3.63) is 63.6 Å². The van der Waals surface area contributed by atoms with E-state index in [0.717, 1.165) is 16.2 Å². The average molecular weight is 479 g/mol. The number of hydrogen-bond acceptors (Lipinski definition) is 8. The minimum absolute atomic E-state index is 0.0411. The van der Waals surface area contributed by atoms with Crippen LogP contribution in [0.25, 0.3) is 0 Å². The Labute approximate surface area is 186 Å². The molecule has 2 amide bonds. The van der Waals surface area contributed by atoms with Crippen molar-refractivity contribution in [2.75, 3.05) is 18.4 Å². The highest BCUT2D eigenvalue weighted by Crippen LogP contribution is 2.30. The maximum atomic E-state index is 12.7. The highest BCUT2D eigenvalue weighted by atomic mass is 35.5. The summed E-state index contributed by atoms with van der Waals surface area (Å²) in [6.45, 7) is 0.107. The summed E-state index contributed by atoms with van der Waals surface area (Å²) in [6.07, 6.45) is 0.241. The summed E-state index contributed by atoms with van der Waals surface area (Å²) >= 11 is 6.92. The third-order valence-corrected chi connectivity index (χ3v) is 7.15. The van der Waals surface area contributed by atoms with Crippen LogP contribution in [0.4, 0.5) is 5.13 Å². The lowest BCUT2D eigenvalue weighted by atomic mass is 10.1. The highest BCUT2D eigenvalue weighted by Gasteiger charge is 2.34. The van der Waals surface area contributed by atoms with Crippen LogP contribution in [-0.2, 0) is 16.4 Å². The van der Waals surface area contributed by atoms with Gasteiger partial charge in [0.2, 0.25) is 5.13 Å². The Hall–Kier alpha value is -3.02. The molecule has 0 atom stereocenters. The van der Waals surface area contributed by atoms with Gasteiger partial charge in [-0.25, -0.2) is 8.42 Å². The molecule has 0 radical (unpaired) electrons. The van der Waals surface area contributed by atoms with Crippen LogP contribution in [0.5, 0.6) is 5.75 Å². The van der Waals surface area contributed by atoms with Gasteiger partial charge in [-0.2, -0.15) is 0 Å². The minimum Gasteiger partial charge on any atom is -0.495 e. The van der Waals surface area contributed by atoms with Crippen LogP contribution in [0.2, 0.25) is 5.02 Å². The molecule has 160 valence electrons. The first-order valence-corrected chi connectivity index (χ1v) is 11.6. The second kappa shape index (κ2) is 8.25. The maximum Gasteiger partial charge on any atom is 0.267 e. The Bertz CT molecular complexity index is 1260. The van der Waals surface area contributed by atoms with E-state index in [1.54, 1.807) is 24.3 Å². The van der Waals surface area contributed by atoms with E-state index < -0.39 is 10.0 Å².